The number of para-hydroxylation sites is 1. The molecule has 64 heavy (non-hydrogen) atoms. The van der Waals surface area contributed by atoms with Crippen LogP contribution in [0, 0.1) is 0 Å². The Morgan fingerprint density at radius 1 is 0.266 bits per heavy atom. The number of hydrogen-bond acceptors (Lipinski definition) is 1. The van der Waals surface area contributed by atoms with E-state index >= 15 is 0 Å². The molecule has 0 aliphatic carbocycles. The van der Waals surface area contributed by atoms with Gasteiger partial charge in [0, 0.05) is 33.5 Å². The molecule has 0 saturated carbocycles. The van der Waals surface area contributed by atoms with Gasteiger partial charge < -0.3 is 9.47 Å². The molecule has 1 aromatic heterocycles. The fourth-order valence-electron chi connectivity index (χ4n) is 9.67. The zero-order chi connectivity index (χ0) is 42.4. The van der Waals surface area contributed by atoms with Gasteiger partial charge in [-0.15, -0.1) is 0 Å². The van der Waals surface area contributed by atoms with Gasteiger partial charge in [0.2, 0.25) is 0 Å². The normalized spacial score (nSPS) is 11.4. The summed E-state index contributed by atoms with van der Waals surface area (Å²) in [6.07, 6.45) is 0. The van der Waals surface area contributed by atoms with Crippen molar-refractivity contribution in [3.63, 3.8) is 0 Å². The van der Waals surface area contributed by atoms with Crippen molar-refractivity contribution in [1.29, 1.82) is 0 Å². The van der Waals surface area contributed by atoms with Crippen molar-refractivity contribution < 1.29 is 0 Å². The number of hydrogen-bond donors (Lipinski definition) is 0. The molecule has 2 heteroatoms. The molecule has 0 radical (unpaired) electrons. The van der Waals surface area contributed by atoms with Crippen LogP contribution in [0.2, 0.25) is 0 Å². The minimum Gasteiger partial charge on any atom is -0.310 e. The first-order valence-electron chi connectivity index (χ1n) is 22.0. The average Bonchev–Trinajstić information content (AvgIpc) is 3.72. The van der Waals surface area contributed by atoms with Gasteiger partial charge in [0.25, 0.3) is 0 Å². The van der Waals surface area contributed by atoms with Crippen molar-refractivity contribution in [2.45, 2.75) is 0 Å². The van der Waals surface area contributed by atoms with Crippen LogP contribution in [-0.2, 0) is 0 Å². The predicted octanol–water partition coefficient (Wildman–Crippen LogP) is 17.2. The highest BCUT2D eigenvalue weighted by molar-refractivity contribution is 6.16. The van der Waals surface area contributed by atoms with Gasteiger partial charge in [0.1, 0.15) is 0 Å². The van der Waals surface area contributed by atoms with Crippen LogP contribution in [0.4, 0.5) is 17.1 Å². The van der Waals surface area contributed by atoms with Crippen molar-refractivity contribution in [2.24, 2.45) is 0 Å². The van der Waals surface area contributed by atoms with E-state index in [1.165, 1.54) is 87.9 Å². The summed E-state index contributed by atoms with van der Waals surface area (Å²) in [5.74, 6) is 0. The molecule has 0 bridgehead atoms. The molecule has 12 rings (SSSR count). The summed E-state index contributed by atoms with van der Waals surface area (Å²) in [6.45, 7) is 0. The molecule has 11 aromatic carbocycles. The molecule has 0 unspecified atom stereocenters. The standard InChI is InChI=1S/C62H42N2/c1-2-13-43(14-3-1)46-31-36-52(37-32-46)63(53-38-33-47(34-39-53)45-27-29-49(30-28-45)57-23-11-18-48-16-6-7-21-56(48)57)54-20-10-19-51(42-54)58-24-12-26-61-62(58)59-22-8-9-25-60(59)64(61)55-40-35-44-15-4-5-17-50(44)41-55/h1-42H. The van der Waals surface area contributed by atoms with Gasteiger partial charge in [-0.25, -0.2) is 0 Å². The van der Waals surface area contributed by atoms with Crippen molar-refractivity contribution >= 4 is 60.4 Å². The van der Waals surface area contributed by atoms with Crippen LogP contribution in [0.3, 0.4) is 0 Å². The third-order valence-electron chi connectivity index (χ3n) is 12.8. The molecule has 0 spiro atoms. The second kappa shape index (κ2) is 15.8. The van der Waals surface area contributed by atoms with Gasteiger partial charge in [-0.3, -0.25) is 0 Å². The first-order valence-corrected chi connectivity index (χ1v) is 22.0. The maximum Gasteiger partial charge on any atom is 0.0547 e. The van der Waals surface area contributed by atoms with Crippen LogP contribution in [0.1, 0.15) is 0 Å². The van der Waals surface area contributed by atoms with Crippen molar-refractivity contribution in [3.05, 3.63) is 255 Å². The molecule has 0 saturated heterocycles. The number of aromatic nitrogens is 1. The summed E-state index contributed by atoms with van der Waals surface area (Å²) in [7, 11) is 0. The summed E-state index contributed by atoms with van der Waals surface area (Å²) in [5, 5.41) is 7.48. The first-order chi connectivity index (χ1) is 31.7. The van der Waals surface area contributed by atoms with Crippen molar-refractivity contribution in [3.8, 4) is 50.2 Å². The lowest BCUT2D eigenvalue weighted by Gasteiger charge is -2.26. The molecule has 0 amide bonds. The Morgan fingerprint density at radius 2 is 0.781 bits per heavy atom. The zero-order valence-electron chi connectivity index (χ0n) is 35.1. The maximum absolute atomic E-state index is 2.42. The molecule has 0 atom stereocenters. The molecular weight excluding hydrogens is 773 g/mol. The Labute approximate surface area is 373 Å². The smallest absolute Gasteiger partial charge is 0.0547 e. The van der Waals surface area contributed by atoms with E-state index in [0.717, 1.165) is 22.7 Å². The summed E-state index contributed by atoms with van der Waals surface area (Å²) in [5.41, 5.74) is 16.4. The second-order valence-electron chi connectivity index (χ2n) is 16.5. The van der Waals surface area contributed by atoms with Crippen molar-refractivity contribution in [1.82, 2.24) is 4.57 Å². The van der Waals surface area contributed by atoms with Crippen LogP contribution in [0.5, 0.6) is 0 Å². The van der Waals surface area contributed by atoms with Gasteiger partial charge in [0.05, 0.1) is 11.0 Å². The number of benzene rings is 11. The van der Waals surface area contributed by atoms with Crippen LogP contribution in [0.25, 0.3) is 93.5 Å². The van der Waals surface area contributed by atoms with E-state index in [-0.39, 0.29) is 0 Å². The van der Waals surface area contributed by atoms with Gasteiger partial charge >= 0.3 is 0 Å². The molecule has 0 aliphatic rings. The molecule has 300 valence electrons. The topological polar surface area (TPSA) is 8.17 Å². The summed E-state index contributed by atoms with van der Waals surface area (Å²) < 4.78 is 2.42. The van der Waals surface area contributed by atoms with Gasteiger partial charge in [0.15, 0.2) is 0 Å². The molecule has 2 nitrogen and oxygen atoms in total. The van der Waals surface area contributed by atoms with Crippen LogP contribution in [0.15, 0.2) is 255 Å². The third-order valence-corrected chi connectivity index (χ3v) is 12.8. The molecule has 0 aliphatic heterocycles. The van der Waals surface area contributed by atoms with Gasteiger partial charge in [-0.1, -0.05) is 194 Å². The van der Waals surface area contributed by atoms with E-state index in [1.807, 2.05) is 0 Å². The second-order valence-corrected chi connectivity index (χ2v) is 16.5. The fourth-order valence-corrected chi connectivity index (χ4v) is 9.67. The number of anilines is 3. The molecular formula is C62H42N2. The van der Waals surface area contributed by atoms with Crippen LogP contribution in [-0.4, -0.2) is 4.57 Å². The minimum absolute atomic E-state index is 1.09. The Morgan fingerprint density at radius 3 is 1.53 bits per heavy atom. The van der Waals surface area contributed by atoms with Gasteiger partial charge in [-0.2, -0.15) is 0 Å². The monoisotopic (exact) mass is 814 g/mol. The lowest BCUT2D eigenvalue weighted by molar-refractivity contribution is 1.19. The fraction of sp³-hybridized carbons (Fsp3) is 0. The van der Waals surface area contributed by atoms with Crippen LogP contribution < -0.4 is 4.90 Å². The Balaban J connectivity index is 0.949. The van der Waals surface area contributed by atoms with E-state index < -0.39 is 0 Å². The predicted molar refractivity (Wildman–Crippen MR) is 272 cm³/mol. The molecule has 1 heterocycles. The summed E-state index contributed by atoms with van der Waals surface area (Å²) in [4.78, 5) is 2.38. The Bertz CT molecular complexity index is 3630. The Hall–Kier alpha value is -8.46. The summed E-state index contributed by atoms with van der Waals surface area (Å²) >= 11 is 0. The van der Waals surface area contributed by atoms with Crippen molar-refractivity contribution in [2.75, 3.05) is 4.90 Å². The van der Waals surface area contributed by atoms with Crippen LogP contribution >= 0.6 is 0 Å². The zero-order valence-corrected chi connectivity index (χ0v) is 35.1. The molecule has 0 N–H and O–H groups in total. The Kier molecular flexibility index (Phi) is 9.20. The van der Waals surface area contributed by atoms with E-state index in [4.69, 9.17) is 0 Å². The first kappa shape index (κ1) is 37.3. The SMILES string of the molecule is c1ccc(-c2ccc(N(c3ccc(-c4ccc(-c5cccc6ccccc56)cc4)cc3)c3cccc(-c4cccc5c4c4ccccc4n5-c4ccc5ccccc5c4)c3)cc2)cc1. The van der Waals surface area contributed by atoms with E-state index in [1.54, 1.807) is 0 Å². The number of rotatable bonds is 8. The van der Waals surface area contributed by atoms with E-state index in [2.05, 4.69) is 264 Å². The average molecular weight is 815 g/mol. The number of fused-ring (bicyclic) bond motifs is 5. The summed E-state index contributed by atoms with van der Waals surface area (Å²) in [6, 6.07) is 92.6. The quantitative estimate of drug-likeness (QED) is 0.148. The lowest BCUT2D eigenvalue weighted by Crippen LogP contribution is -2.10. The third kappa shape index (κ3) is 6.61. The highest BCUT2D eigenvalue weighted by atomic mass is 15.1. The number of nitrogens with zero attached hydrogens (tertiary/aromatic N) is 2. The highest BCUT2D eigenvalue weighted by Crippen LogP contribution is 2.42. The van der Waals surface area contributed by atoms with E-state index in [9.17, 15) is 0 Å². The lowest BCUT2D eigenvalue weighted by atomic mass is 9.96. The molecule has 0 fully saturated rings. The largest absolute Gasteiger partial charge is 0.310 e. The highest BCUT2D eigenvalue weighted by Gasteiger charge is 2.19. The maximum atomic E-state index is 2.42. The van der Waals surface area contributed by atoms with Gasteiger partial charge in [-0.05, 0) is 127 Å². The molecule has 12 aromatic rings. The van der Waals surface area contributed by atoms with E-state index in [0.29, 0.717) is 0 Å². The minimum atomic E-state index is 1.09.